The van der Waals surface area contributed by atoms with Crippen molar-refractivity contribution >= 4 is 0 Å². The molecule has 0 N–H and O–H groups in total. The summed E-state index contributed by atoms with van der Waals surface area (Å²) in [5.41, 5.74) is 6.97. The first-order valence-corrected chi connectivity index (χ1v) is 10.1. The van der Waals surface area contributed by atoms with Crippen molar-refractivity contribution in [2.45, 2.75) is 49.7 Å². The largest absolute Gasteiger partial charge is 1.00 e. The van der Waals surface area contributed by atoms with E-state index in [1.54, 1.807) is 0 Å². The standard InChI is InChI=1S/C24H27.3ClH.Ti/c1-4-5-10-20-13-14-23(17-20)24(21-11-6-8-18(2)15-21)22-12-7-9-19(3)16-22;;;;/h6-9,11-17,24H,4-5,10H2,1-3H3;3*1H;/q;;;;+3/p-3. The number of hydrogen-bond acceptors (Lipinski definition) is 0. The molecule has 0 saturated carbocycles. The molecule has 4 heteroatoms. The third-order valence-corrected chi connectivity index (χ3v) is 5.98. The molecule has 2 aromatic carbocycles. The van der Waals surface area contributed by atoms with Crippen molar-refractivity contribution in [3.63, 3.8) is 0 Å². The molecule has 3 rings (SSSR count). The Balaban J connectivity index is 0.00000243. The maximum Gasteiger partial charge on any atom is -1.00 e. The number of rotatable bonds is 6. The van der Waals surface area contributed by atoms with Gasteiger partial charge in [-0.15, -0.1) is 0 Å². The van der Waals surface area contributed by atoms with Crippen LogP contribution in [0.25, 0.3) is 0 Å². The molecule has 0 aliphatic heterocycles. The van der Waals surface area contributed by atoms with Crippen molar-refractivity contribution in [3.8, 4) is 0 Å². The molecule has 0 bridgehead atoms. The van der Waals surface area contributed by atoms with E-state index in [-0.39, 0.29) is 40.9 Å². The fraction of sp³-hybridized carbons (Fsp3) is 0.333. The van der Waals surface area contributed by atoms with Crippen LogP contribution in [0.4, 0.5) is 0 Å². The summed E-state index contributed by atoms with van der Waals surface area (Å²) in [6.07, 6.45) is 11.0. The van der Waals surface area contributed by atoms with Gasteiger partial charge in [-0.2, -0.15) is 0 Å². The first-order chi connectivity index (χ1) is 12.0. The van der Waals surface area contributed by atoms with E-state index in [1.807, 2.05) is 0 Å². The van der Waals surface area contributed by atoms with E-state index in [1.165, 1.54) is 47.1 Å². The first-order valence-electron chi connectivity index (χ1n) is 9.31. The number of halogens is 3. The van der Waals surface area contributed by atoms with Gasteiger partial charge in [0.25, 0.3) is 0 Å². The number of unbranched alkanes of at least 4 members (excludes halogenated alkanes) is 1. The SMILES string of the molecule is CCCCC1=C[C]([Ti+3])(C(c2cccc(C)c2)c2cccc(C)c2)C=C1.[Cl-].[Cl-].[Cl-]. The third-order valence-electron chi connectivity index (χ3n) is 5.05. The Hall–Kier alpha value is -0.496. The van der Waals surface area contributed by atoms with Crippen molar-refractivity contribution in [2.24, 2.45) is 0 Å². The number of allylic oxidation sites excluding steroid dienone is 4. The van der Waals surface area contributed by atoms with Crippen LogP contribution in [-0.2, 0) is 20.4 Å². The van der Waals surface area contributed by atoms with Crippen LogP contribution in [0, 0.1) is 13.8 Å². The molecule has 0 spiro atoms. The van der Waals surface area contributed by atoms with E-state index < -0.39 is 0 Å². The molecule has 1 atom stereocenters. The molecular weight excluding hydrogens is 442 g/mol. The van der Waals surface area contributed by atoms with Crippen LogP contribution in [0.2, 0.25) is 3.72 Å². The molecule has 0 amide bonds. The molecule has 1 unspecified atom stereocenters. The van der Waals surface area contributed by atoms with Gasteiger partial charge in [0.05, 0.1) is 0 Å². The Bertz CT molecular complexity index is 768. The van der Waals surface area contributed by atoms with Gasteiger partial charge in [0, 0.05) is 0 Å². The zero-order chi connectivity index (χ0) is 17.9. The van der Waals surface area contributed by atoms with E-state index in [9.17, 15) is 0 Å². The number of aryl methyl sites for hydroxylation is 2. The van der Waals surface area contributed by atoms with Gasteiger partial charge in [0.15, 0.2) is 0 Å². The zero-order valence-corrected chi connectivity index (χ0v) is 20.5. The molecule has 0 nitrogen and oxygen atoms in total. The number of benzene rings is 2. The van der Waals surface area contributed by atoms with Gasteiger partial charge < -0.3 is 37.2 Å². The molecule has 28 heavy (non-hydrogen) atoms. The molecule has 1 aliphatic rings. The third kappa shape index (κ3) is 6.51. The predicted octanol–water partition coefficient (Wildman–Crippen LogP) is -2.16. The molecule has 0 heterocycles. The van der Waals surface area contributed by atoms with Gasteiger partial charge in [-0.05, 0) is 0 Å². The van der Waals surface area contributed by atoms with Crippen LogP contribution < -0.4 is 37.2 Å². The summed E-state index contributed by atoms with van der Waals surface area (Å²) in [6, 6.07) is 18.0. The smallest absolute Gasteiger partial charge is 1.00 e. The fourth-order valence-corrected chi connectivity index (χ4v) is 4.75. The minimum absolute atomic E-state index is 0. The first kappa shape index (κ1) is 27.5. The van der Waals surface area contributed by atoms with E-state index in [2.05, 4.69) is 108 Å². The summed E-state index contributed by atoms with van der Waals surface area (Å²) in [5.74, 6) is 0.350. The van der Waals surface area contributed by atoms with E-state index >= 15 is 0 Å². The quantitative estimate of drug-likeness (QED) is 0.423. The molecule has 1 aliphatic carbocycles. The van der Waals surface area contributed by atoms with Crippen LogP contribution in [0.15, 0.2) is 72.3 Å². The predicted molar refractivity (Wildman–Crippen MR) is 104 cm³/mol. The molecule has 2 aromatic rings. The fourth-order valence-electron chi connectivity index (χ4n) is 3.81. The molecule has 0 aromatic heterocycles. The molecule has 148 valence electrons. The van der Waals surface area contributed by atoms with Crippen LogP contribution in [0.5, 0.6) is 0 Å². The summed E-state index contributed by atoms with van der Waals surface area (Å²) in [4.78, 5) is 0. The van der Waals surface area contributed by atoms with Gasteiger partial charge in [-0.3, -0.25) is 0 Å². The van der Waals surface area contributed by atoms with Crippen molar-refractivity contribution in [3.05, 3.63) is 94.6 Å². The summed E-state index contributed by atoms with van der Waals surface area (Å²) in [7, 11) is 0. The molecular formula is C24H27Cl3Ti. The van der Waals surface area contributed by atoms with Gasteiger partial charge >= 0.3 is 165 Å². The maximum atomic E-state index is 2.51. The van der Waals surface area contributed by atoms with Gasteiger partial charge in [0.2, 0.25) is 0 Å². The van der Waals surface area contributed by atoms with Crippen LogP contribution in [-0.4, -0.2) is 0 Å². The van der Waals surface area contributed by atoms with E-state index in [4.69, 9.17) is 0 Å². The van der Waals surface area contributed by atoms with E-state index in [0.29, 0.717) is 5.92 Å². The Morgan fingerprint density at radius 3 is 1.89 bits per heavy atom. The second kappa shape index (κ2) is 12.3. The van der Waals surface area contributed by atoms with Crippen molar-refractivity contribution in [1.82, 2.24) is 0 Å². The summed E-state index contributed by atoms with van der Waals surface area (Å²) in [5, 5.41) is 0. The van der Waals surface area contributed by atoms with Crippen molar-refractivity contribution in [1.29, 1.82) is 0 Å². The van der Waals surface area contributed by atoms with Crippen LogP contribution in [0.1, 0.15) is 54.4 Å². The molecule has 0 saturated heterocycles. The monoisotopic (exact) mass is 468 g/mol. The normalized spacial score (nSPS) is 17.4. The minimum Gasteiger partial charge on any atom is -1.00 e. The van der Waals surface area contributed by atoms with Gasteiger partial charge in [-0.25, -0.2) is 0 Å². The Labute approximate surface area is 200 Å². The van der Waals surface area contributed by atoms with Crippen LogP contribution in [0.3, 0.4) is 0 Å². The summed E-state index contributed by atoms with van der Waals surface area (Å²) >= 11 is 2.39. The second-order valence-corrected chi connectivity index (χ2v) is 8.70. The Kier molecular flexibility index (Phi) is 12.0. The summed E-state index contributed by atoms with van der Waals surface area (Å²) in [6.45, 7) is 6.64. The summed E-state index contributed by atoms with van der Waals surface area (Å²) < 4.78 is 0.0324. The van der Waals surface area contributed by atoms with Crippen molar-refractivity contribution in [2.75, 3.05) is 0 Å². The molecule has 0 radical (unpaired) electrons. The average molecular weight is 470 g/mol. The zero-order valence-electron chi connectivity index (χ0n) is 16.7. The maximum absolute atomic E-state index is 2.51. The van der Waals surface area contributed by atoms with Gasteiger partial charge in [-0.1, -0.05) is 0 Å². The van der Waals surface area contributed by atoms with Crippen molar-refractivity contribution < 1.29 is 57.7 Å². The van der Waals surface area contributed by atoms with Gasteiger partial charge in [0.1, 0.15) is 0 Å². The average Bonchev–Trinajstić information content (AvgIpc) is 2.95. The second-order valence-electron chi connectivity index (χ2n) is 7.35. The Morgan fingerprint density at radius 1 is 0.893 bits per heavy atom. The number of hydrogen-bond donors (Lipinski definition) is 0. The molecule has 0 fully saturated rings. The van der Waals surface area contributed by atoms with E-state index in [0.717, 1.165) is 0 Å². The minimum atomic E-state index is 0. The topological polar surface area (TPSA) is 0 Å². The Morgan fingerprint density at radius 2 is 1.43 bits per heavy atom. The van der Waals surface area contributed by atoms with Crippen LogP contribution >= 0.6 is 0 Å².